The highest BCUT2D eigenvalue weighted by Crippen LogP contribution is 2.44. The number of allylic oxidation sites excluding steroid dienone is 1. The summed E-state index contributed by atoms with van der Waals surface area (Å²) in [7, 11) is 0. The van der Waals surface area contributed by atoms with Gasteiger partial charge in [0.2, 0.25) is 5.91 Å². The number of carbonyl (C=O) groups excluding carboxylic acids is 2. The first-order chi connectivity index (χ1) is 16.0. The molecule has 0 aliphatic carbocycles. The highest BCUT2D eigenvalue weighted by atomic mass is 32.2. The van der Waals surface area contributed by atoms with Gasteiger partial charge in [0.15, 0.2) is 5.17 Å². The molecule has 1 N–H and O–H groups in total. The summed E-state index contributed by atoms with van der Waals surface area (Å²) in [6.07, 6.45) is 3.61. The van der Waals surface area contributed by atoms with Gasteiger partial charge in [-0.05, 0) is 42.9 Å². The highest BCUT2D eigenvalue weighted by molar-refractivity contribution is 8.16. The molecule has 2 atom stereocenters. The summed E-state index contributed by atoms with van der Waals surface area (Å²) in [5, 5.41) is 5.46. The molecule has 1 amide bonds. The number of rotatable bonds is 8. The molecule has 0 radical (unpaired) electrons. The Morgan fingerprint density at radius 3 is 2.88 bits per heavy atom. The van der Waals surface area contributed by atoms with E-state index in [1.54, 1.807) is 19.1 Å². The number of aliphatic imine (C=N–C) groups is 1. The van der Waals surface area contributed by atoms with Crippen molar-refractivity contribution in [3.63, 3.8) is 0 Å². The summed E-state index contributed by atoms with van der Waals surface area (Å²) in [6, 6.07) is 5.38. The lowest BCUT2D eigenvalue weighted by molar-refractivity contribution is -0.138. The van der Waals surface area contributed by atoms with Crippen molar-refractivity contribution >= 4 is 28.8 Å². The van der Waals surface area contributed by atoms with Crippen LogP contribution >= 0.6 is 11.8 Å². The van der Waals surface area contributed by atoms with Gasteiger partial charge in [0.1, 0.15) is 12.4 Å². The number of thioether (sulfide) groups is 1. The standard InChI is InChI=1S/C24H26FN3O4S/c1-3-10-32-23(30)21-15(2)27-24-28(22(21)16-6-8-17(25)9-7-16)18(14-33-24)12-20(29)26-13-19-5-4-11-31-19/h3,6-9,14,19,22H,1,4-5,10-13H2,2H3,(H,26,29)/t19-,22+/m1/s1. The molecule has 1 fully saturated rings. The van der Waals surface area contributed by atoms with Gasteiger partial charge in [0.05, 0.1) is 29.8 Å². The van der Waals surface area contributed by atoms with E-state index in [0.717, 1.165) is 19.4 Å². The Bertz CT molecular complexity index is 1030. The van der Waals surface area contributed by atoms with Crippen molar-refractivity contribution in [3.8, 4) is 0 Å². The first-order valence-electron chi connectivity index (χ1n) is 10.8. The van der Waals surface area contributed by atoms with Crippen LogP contribution in [0, 0.1) is 5.82 Å². The van der Waals surface area contributed by atoms with Crippen LogP contribution in [0.1, 0.15) is 37.8 Å². The zero-order valence-electron chi connectivity index (χ0n) is 18.4. The monoisotopic (exact) mass is 471 g/mol. The fourth-order valence-electron chi connectivity index (χ4n) is 4.06. The zero-order chi connectivity index (χ0) is 23.4. The van der Waals surface area contributed by atoms with Crippen molar-refractivity contribution in [2.24, 2.45) is 4.99 Å². The average Bonchev–Trinajstić information content (AvgIpc) is 3.46. The van der Waals surface area contributed by atoms with Crippen LogP contribution in [0.15, 0.2) is 64.3 Å². The van der Waals surface area contributed by atoms with E-state index in [4.69, 9.17) is 9.47 Å². The Kier molecular flexibility index (Phi) is 7.29. The Morgan fingerprint density at radius 2 is 2.18 bits per heavy atom. The molecule has 0 bridgehead atoms. The highest BCUT2D eigenvalue weighted by Gasteiger charge is 2.41. The third kappa shape index (κ3) is 5.20. The SMILES string of the molecule is C=CCOC(=O)C1=C(C)N=C2SC=C(CC(=O)NC[C@H]3CCCO3)N2[C@H]1c1ccc(F)cc1. The molecule has 3 aliphatic heterocycles. The zero-order valence-corrected chi connectivity index (χ0v) is 19.2. The maximum Gasteiger partial charge on any atom is 0.338 e. The van der Waals surface area contributed by atoms with Crippen LogP contribution in [-0.4, -0.2) is 47.8 Å². The molecule has 0 aromatic heterocycles. The lowest BCUT2D eigenvalue weighted by atomic mass is 9.94. The Hall–Kier alpha value is -2.91. The fourth-order valence-corrected chi connectivity index (χ4v) is 5.03. The Morgan fingerprint density at radius 1 is 1.39 bits per heavy atom. The van der Waals surface area contributed by atoms with Crippen LogP contribution in [0.4, 0.5) is 4.39 Å². The van der Waals surface area contributed by atoms with Gasteiger partial charge in [0.25, 0.3) is 0 Å². The van der Waals surface area contributed by atoms with Crippen molar-refractivity contribution in [2.45, 2.75) is 38.3 Å². The van der Waals surface area contributed by atoms with Crippen LogP contribution in [0.5, 0.6) is 0 Å². The number of halogens is 1. The van der Waals surface area contributed by atoms with Crippen LogP contribution in [-0.2, 0) is 19.1 Å². The number of ether oxygens (including phenoxy) is 2. The van der Waals surface area contributed by atoms with Crippen LogP contribution in [0.2, 0.25) is 0 Å². The van der Waals surface area contributed by atoms with Gasteiger partial charge in [-0.15, -0.1) is 0 Å². The molecular formula is C24H26FN3O4S. The molecule has 1 saturated heterocycles. The number of nitrogens with zero attached hydrogens (tertiary/aromatic N) is 2. The minimum absolute atomic E-state index is 0.0526. The lowest BCUT2D eigenvalue weighted by Gasteiger charge is -2.36. The van der Waals surface area contributed by atoms with E-state index in [1.807, 2.05) is 10.3 Å². The quantitative estimate of drug-likeness (QED) is 0.459. The summed E-state index contributed by atoms with van der Waals surface area (Å²) in [6.45, 7) is 6.60. The first-order valence-corrected chi connectivity index (χ1v) is 11.7. The predicted molar refractivity (Wildman–Crippen MR) is 125 cm³/mol. The van der Waals surface area contributed by atoms with E-state index < -0.39 is 12.0 Å². The van der Waals surface area contributed by atoms with Crippen LogP contribution in [0.25, 0.3) is 0 Å². The molecule has 0 spiro atoms. The van der Waals surface area contributed by atoms with Gasteiger partial charge in [0, 0.05) is 18.8 Å². The first kappa shape index (κ1) is 23.3. The second-order valence-electron chi connectivity index (χ2n) is 7.95. The number of fused-ring (bicyclic) bond motifs is 1. The van der Waals surface area contributed by atoms with E-state index in [2.05, 4.69) is 16.9 Å². The van der Waals surface area contributed by atoms with E-state index in [9.17, 15) is 14.0 Å². The second-order valence-corrected chi connectivity index (χ2v) is 8.78. The van der Waals surface area contributed by atoms with Gasteiger partial charge in [-0.3, -0.25) is 4.79 Å². The number of amidine groups is 1. The molecule has 174 valence electrons. The van der Waals surface area contributed by atoms with Crippen LogP contribution < -0.4 is 5.32 Å². The van der Waals surface area contributed by atoms with Gasteiger partial charge >= 0.3 is 5.97 Å². The van der Waals surface area contributed by atoms with Crippen molar-refractivity contribution in [1.29, 1.82) is 0 Å². The van der Waals surface area contributed by atoms with E-state index >= 15 is 0 Å². The average molecular weight is 472 g/mol. The molecule has 0 saturated carbocycles. The minimum atomic E-state index is -0.595. The van der Waals surface area contributed by atoms with E-state index in [-0.39, 0.29) is 30.9 Å². The molecule has 9 heteroatoms. The van der Waals surface area contributed by atoms with Crippen LogP contribution in [0.3, 0.4) is 0 Å². The summed E-state index contributed by atoms with van der Waals surface area (Å²) in [5.41, 5.74) is 2.27. The van der Waals surface area contributed by atoms with Crippen molar-refractivity contribution in [2.75, 3.05) is 19.8 Å². The van der Waals surface area contributed by atoms with E-state index in [0.29, 0.717) is 34.2 Å². The number of hydrogen-bond donors (Lipinski definition) is 1. The van der Waals surface area contributed by atoms with Gasteiger partial charge in [-0.2, -0.15) is 0 Å². The molecule has 0 unspecified atom stereocenters. The normalized spacial score (nSPS) is 21.9. The number of hydrogen-bond acceptors (Lipinski definition) is 7. The van der Waals surface area contributed by atoms with Crippen molar-refractivity contribution in [3.05, 3.63) is 70.7 Å². The number of carbonyl (C=O) groups is 2. The molecule has 1 aromatic rings. The molecule has 3 aliphatic rings. The van der Waals surface area contributed by atoms with Gasteiger partial charge < -0.3 is 19.7 Å². The van der Waals surface area contributed by atoms with E-state index in [1.165, 1.54) is 30.0 Å². The molecule has 1 aromatic carbocycles. The smallest absolute Gasteiger partial charge is 0.338 e. The third-order valence-electron chi connectivity index (χ3n) is 5.63. The largest absolute Gasteiger partial charge is 0.458 e. The molecule has 3 heterocycles. The van der Waals surface area contributed by atoms with Gasteiger partial charge in [-0.25, -0.2) is 14.2 Å². The maximum absolute atomic E-state index is 13.7. The molecule has 33 heavy (non-hydrogen) atoms. The predicted octanol–water partition coefficient (Wildman–Crippen LogP) is 3.82. The number of nitrogens with one attached hydrogen (secondary N) is 1. The number of amides is 1. The Labute approximate surface area is 196 Å². The topological polar surface area (TPSA) is 80.2 Å². The summed E-state index contributed by atoms with van der Waals surface area (Å²) < 4.78 is 24.6. The molecular weight excluding hydrogens is 445 g/mol. The minimum Gasteiger partial charge on any atom is -0.458 e. The van der Waals surface area contributed by atoms with Crippen molar-refractivity contribution < 1.29 is 23.5 Å². The van der Waals surface area contributed by atoms with Crippen molar-refractivity contribution in [1.82, 2.24) is 10.2 Å². The number of esters is 1. The van der Waals surface area contributed by atoms with Gasteiger partial charge in [-0.1, -0.05) is 36.5 Å². The summed E-state index contributed by atoms with van der Waals surface area (Å²) >= 11 is 1.39. The molecule has 4 rings (SSSR count). The summed E-state index contributed by atoms with van der Waals surface area (Å²) in [4.78, 5) is 32.1. The third-order valence-corrected chi connectivity index (χ3v) is 6.52. The Balaban J connectivity index is 1.59. The number of benzene rings is 1. The summed E-state index contributed by atoms with van der Waals surface area (Å²) in [5.74, 6) is -1.04. The lowest BCUT2D eigenvalue weighted by Crippen LogP contribution is -2.38. The fraction of sp³-hybridized carbons (Fsp3) is 0.375. The maximum atomic E-state index is 13.7. The second kappa shape index (κ2) is 10.4. The molecule has 7 nitrogen and oxygen atoms in total.